The summed E-state index contributed by atoms with van der Waals surface area (Å²) < 4.78 is 33.3. The number of ether oxygens (including phenoxy) is 1. The summed E-state index contributed by atoms with van der Waals surface area (Å²) in [6.07, 6.45) is 0. The van der Waals surface area contributed by atoms with Gasteiger partial charge >= 0.3 is 0 Å². The Hall–Kier alpha value is -2.87. The van der Waals surface area contributed by atoms with Crippen LogP contribution in [0, 0.1) is 6.92 Å². The highest BCUT2D eigenvalue weighted by Gasteiger charge is 2.19. The van der Waals surface area contributed by atoms with Crippen LogP contribution >= 0.6 is 11.6 Å². The van der Waals surface area contributed by atoms with Crippen LogP contribution in [-0.2, 0) is 16.6 Å². The minimum Gasteiger partial charge on any atom is -0.495 e. The Balaban J connectivity index is 1.85. The average molecular weight is 445 g/mol. The highest BCUT2D eigenvalue weighted by Crippen LogP contribution is 2.28. The third-order valence-corrected chi connectivity index (χ3v) is 6.30. The Bertz CT molecular complexity index is 1180. The standard InChI is InChI=1S/C22H21ClN2O4S/c1-15-7-3-5-9-18(15)22(26)25-20-13-17(11-12-21(20)29-2)30(27,28)24-14-16-8-4-6-10-19(16)23/h3-13,24H,14H2,1-2H3,(H,25,26). The molecule has 0 spiro atoms. The van der Waals surface area contributed by atoms with Gasteiger partial charge in [-0.2, -0.15) is 0 Å². The van der Waals surface area contributed by atoms with Crippen molar-refractivity contribution in [3.63, 3.8) is 0 Å². The summed E-state index contributed by atoms with van der Waals surface area (Å²) in [6.45, 7) is 1.87. The lowest BCUT2D eigenvalue weighted by Gasteiger charge is -2.14. The van der Waals surface area contributed by atoms with E-state index in [2.05, 4.69) is 10.0 Å². The van der Waals surface area contributed by atoms with Crippen molar-refractivity contribution in [2.24, 2.45) is 0 Å². The molecule has 2 N–H and O–H groups in total. The van der Waals surface area contributed by atoms with E-state index in [9.17, 15) is 13.2 Å². The smallest absolute Gasteiger partial charge is 0.256 e. The first-order chi connectivity index (χ1) is 14.3. The quantitative estimate of drug-likeness (QED) is 0.566. The molecule has 6 nitrogen and oxygen atoms in total. The largest absolute Gasteiger partial charge is 0.495 e. The molecule has 8 heteroatoms. The molecule has 3 aromatic rings. The molecule has 0 atom stereocenters. The second kappa shape index (κ2) is 9.30. The number of sulfonamides is 1. The second-order valence-corrected chi connectivity index (χ2v) is 8.72. The van der Waals surface area contributed by atoms with E-state index >= 15 is 0 Å². The molecule has 30 heavy (non-hydrogen) atoms. The van der Waals surface area contributed by atoms with Crippen LogP contribution in [0.25, 0.3) is 0 Å². The van der Waals surface area contributed by atoms with Gasteiger partial charge in [0.15, 0.2) is 0 Å². The normalized spacial score (nSPS) is 11.2. The number of rotatable bonds is 7. The number of benzene rings is 3. The number of halogens is 1. The van der Waals surface area contributed by atoms with Gasteiger partial charge in [-0.1, -0.05) is 48.0 Å². The SMILES string of the molecule is COc1ccc(S(=O)(=O)NCc2ccccc2Cl)cc1NC(=O)c1ccccc1C. The van der Waals surface area contributed by atoms with Crippen LogP contribution < -0.4 is 14.8 Å². The molecule has 0 bridgehead atoms. The Kier molecular flexibility index (Phi) is 6.77. The molecule has 0 aromatic heterocycles. The van der Waals surface area contributed by atoms with E-state index in [0.717, 1.165) is 5.56 Å². The zero-order chi connectivity index (χ0) is 21.7. The van der Waals surface area contributed by atoms with Crippen LogP contribution in [0.3, 0.4) is 0 Å². The first kappa shape index (κ1) is 21.8. The van der Waals surface area contributed by atoms with Gasteiger partial charge in [-0.25, -0.2) is 13.1 Å². The van der Waals surface area contributed by atoms with Crippen LogP contribution in [0.4, 0.5) is 5.69 Å². The predicted octanol–water partition coefficient (Wildman–Crippen LogP) is 4.39. The zero-order valence-corrected chi connectivity index (χ0v) is 18.0. The first-order valence-electron chi connectivity index (χ1n) is 9.10. The van der Waals surface area contributed by atoms with Crippen LogP contribution in [0.15, 0.2) is 71.6 Å². The highest BCUT2D eigenvalue weighted by atomic mass is 35.5. The number of hydrogen-bond acceptors (Lipinski definition) is 4. The Labute approximate surface area is 180 Å². The summed E-state index contributed by atoms with van der Waals surface area (Å²) in [7, 11) is -2.40. The summed E-state index contributed by atoms with van der Waals surface area (Å²) in [5.74, 6) is -0.00744. The van der Waals surface area contributed by atoms with Crippen molar-refractivity contribution >= 4 is 33.2 Å². The maximum atomic E-state index is 12.8. The van der Waals surface area contributed by atoms with Gasteiger partial charge in [0.2, 0.25) is 10.0 Å². The van der Waals surface area contributed by atoms with Gasteiger partial charge in [0.05, 0.1) is 17.7 Å². The van der Waals surface area contributed by atoms with Crippen molar-refractivity contribution in [3.8, 4) is 5.75 Å². The molecule has 0 aliphatic carbocycles. The fourth-order valence-corrected chi connectivity index (χ4v) is 4.10. The van der Waals surface area contributed by atoms with E-state index in [1.165, 1.54) is 25.3 Å². The highest BCUT2D eigenvalue weighted by molar-refractivity contribution is 7.89. The van der Waals surface area contributed by atoms with Crippen molar-refractivity contribution in [2.75, 3.05) is 12.4 Å². The topological polar surface area (TPSA) is 84.5 Å². The fourth-order valence-electron chi connectivity index (χ4n) is 2.87. The molecule has 0 radical (unpaired) electrons. The number of carbonyl (C=O) groups is 1. The lowest BCUT2D eigenvalue weighted by molar-refractivity contribution is 0.102. The molecule has 0 fully saturated rings. The number of aryl methyl sites for hydroxylation is 1. The van der Waals surface area contributed by atoms with Gasteiger partial charge < -0.3 is 10.1 Å². The van der Waals surface area contributed by atoms with Gasteiger partial charge in [-0.15, -0.1) is 0 Å². The van der Waals surface area contributed by atoms with E-state index < -0.39 is 10.0 Å². The van der Waals surface area contributed by atoms with E-state index in [1.807, 2.05) is 19.1 Å². The fraction of sp³-hybridized carbons (Fsp3) is 0.136. The molecule has 1 amide bonds. The van der Waals surface area contributed by atoms with Gasteiger partial charge in [-0.3, -0.25) is 4.79 Å². The number of nitrogens with one attached hydrogen (secondary N) is 2. The van der Waals surface area contributed by atoms with Gasteiger partial charge in [0, 0.05) is 17.1 Å². The van der Waals surface area contributed by atoms with E-state index in [1.54, 1.807) is 36.4 Å². The van der Waals surface area contributed by atoms with Crippen molar-refractivity contribution < 1.29 is 17.9 Å². The number of carbonyl (C=O) groups excluding carboxylic acids is 1. The van der Waals surface area contributed by atoms with E-state index in [0.29, 0.717) is 21.9 Å². The van der Waals surface area contributed by atoms with Crippen LogP contribution in [0.5, 0.6) is 5.75 Å². The van der Waals surface area contributed by atoms with Crippen molar-refractivity contribution in [2.45, 2.75) is 18.4 Å². The van der Waals surface area contributed by atoms with Crippen LogP contribution in [0.1, 0.15) is 21.5 Å². The lowest BCUT2D eigenvalue weighted by atomic mass is 10.1. The Morgan fingerprint density at radius 2 is 1.73 bits per heavy atom. The van der Waals surface area contributed by atoms with Crippen molar-refractivity contribution in [1.82, 2.24) is 4.72 Å². The van der Waals surface area contributed by atoms with Gasteiger partial charge in [-0.05, 0) is 48.4 Å². The molecule has 0 heterocycles. The number of amides is 1. The summed E-state index contributed by atoms with van der Waals surface area (Å²) in [6, 6.07) is 18.4. The maximum Gasteiger partial charge on any atom is 0.256 e. The molecular weight excluding hydrogens is 424 g/mol. The molecule has 3 rings (SSSR count). The molecule has 0 saturated heterocycles. The predicted molar refractivity (Wildman–Crippen MR) is 118 cm³/mol. The zero-order valence-electron chi connectivity index (χ0n) is 16.5. The van der Waals surface area contributed by atoms with Gasteiger partial charge in [0.25, 0.3) is 5.91 Å². The third kappa shape index (κ3) is 4.99. The molecule has 0 aliphatic rings. The van der Waals surface area contributed by atoms with Crippen molar-refractivity contribution in [3.05, 3.63) is 88.4 Å². The lowest BCUT2D eigenvalue weighted by Crippen LogP contribution is -2.23. The molecule has 0 saturated carbocycles. The molecule has 156 valence electrons. The number of hydrogen-bond donors (Lipinski definition) is 2. The van der Waals surface area contributed by atoms with Crippen LogP contribution in [0.2, 0.25) is 5.02 Å². The molecule has 0 aliphatic heterocycles. The Morgan fingerprint density at radius 3 is 2.43 bits per heavy atom. The Morgan fingerprint density at radius 1 is 1.03 bits per heavy atom. The van der Waals surface area contributed by atoms with Gasteiger partial charge in [0.1, 0.15) is 5.75 Å². The third-order valence-electron chi connectivity index (χ3n) is 4.53. The van der Waals surface area contributed by atoms with E-state index in [4.69, 9.17) is 16.3 Å². The monoisotopic (exact) mass is 444 g/mol. The minimum absolute atomic E-state index is 0.00422. The van der Waals surface area contributed by atoms with Crippen molar-refractivity contribution in [1.29, 1.82) is 0 Å². The van der Waals surface area contributed by atoms with E-state index in [-0.39, 0.29) is 23.0 Å². The number of anilines is 1. The maximum absolute atomic E-state index is 12.8. The molecule has 3 aromatic carbocycles. The number of methoxy groups -OCH3 is 1. The first-order valence-corrected chi connectivity index (χ1v) is 11.0. The molecule has 0 unspecified atom stereocenters. The van der Waals surface area contributed by atoms with Crippen LogP contribution in [-0.4, -0.2) is 21.4 Å². The average Bonchev–Trinajstić information content (AvgIpc) is 2.73. The summed E-state index contributed by atoms with van der Waals surface area (Å²) in [5, 5.41) is 3.21. The summed E-state index contributed by atoms with van der Waals surface area (Å²) in [5.41, 5.74) is 2.21. The second-order valence-electron chi connectivity index (χ2n) is 6.55. The minimum atomic E-state index is -3.85. The summed E-state index contributed by atoms with van der Waals surface area (Å²) in [4.78, 5) is 12.7. The molecular formula is C22H21ClN2O4S. The summed E-state index contributed by atoms with van der Waals surface area (Å²) >= 11 is 6.09.